The van der Waals surface area contributed by atoms with E-state index in [4.69, 9.17) is 9.47 Å². The predicted molar refractivity (Wildman–Crippen MR) is 93.8 cm³/mol. The van der Waals surface area contributed by atoms with Crippen LogP contribution in [0, 0.1) is 6.92 Å². The van der Waals surface area contributed by atoms with Crippen molar-refractivity contribution in [2.45, 2.75) is 13.5 Å². The fraction of sp³-hybridized carbons (Fsp3) is 0.294. The van der Waals surface area contributed by atoms with Crippen molar-refractivity contribution < 1.29 is 9.47 Å². The monoisotopic (exact) mass is 329 g/mol. The number of ether oxygens (including phenoxy) is 2. The summed E-state index contributed by atoms with van der Waals surface area (Å²) >= 11 is 1.68. The molecule has 0 aliphatic rings. The molecule has 0 aliphatic heterocycles. The maximum Gasteiger partial charge on any atom is 0.140 e. The largest absolute Gasteiger partial charge is 0.497 e. The van der Waals surface area contributed by atoms with Gasteiger partial charge in [0.2, 0.25) is 0 Å². The summed E-state index contributed by atoms with van der Waals surface area (Å²) in [4.78, 5) is 13.2. The van der Waals surface area contributed by atoms with Gasteiger partial charge in [-0.1, -0.05) is 0 Å². The molecule has 0 saturated heterocycles. The first kappa shape index (κ1) is 15.6. The first-order chi connectivity index (χ1) is 11.1. The molecule has 1 aromatic carbocycles. The number of aryl methyl sites for hydroxylation is 1. The Kier molecular flexibility index (Phi) is 4.34. The van der Waals surface area contributed by atoms with Crippen LogP contribution in [0.15, 0.2) is 30.6 Å². The molecular formula is C17H19N3O2S. The van der Waals surface area contributed by atoms with Crippen LogP contribution in [0.3, 0.4) is 0 Å². The minimum atomic E-state index is 0.689. The molecule has 0 amide bonds. The number of anilines is 1. The summed E-state index contributed by atoms with van der Waals surface area (Å²) < 4.78 is 10.7. The third kappa shape index (κ3) is 3.07. The van der Waals surface area contributed by atoms with Gasteiger partial charge in [-0.15, -0.1) is 11.3 Å². The SMILES string of the molecule is COc1ccc(CN(C)c2ncnc3sc(C)cc23)c(OC)c1. The molecule has 0 fully saturated rings. The van der Waals surface area contributed by atoms with Crippen LogP contribution in [0.5, 0.6) is 11.5 Å². The zero-order valence-corrected chi connectivity index (χ0v) is 14.5. The number of fused-ring (bicyclic) bond motifs is 1. The molecule has 0 saturated carbocycles. The molecule has 0 atom stereocenters. The van der Waals surface area contributed by atoms with Crippen molar-refractivity contribution in [3.05, 3.63) is 41.0 Å². The summed E-state index contributed by atoms with van der Waals surface area (Å²) in [6, 6.07) is 7.99. The van der Waals surface area contributed by atoms with Gasteiger partial charge < -0.3 is 14.4 Å². The molecule has 2 heterocycles. The van der Waals surface area contributed by atoms with Crippen LogP contribution in [0.4, 0.5) is 5.82 Å². The highest BCUT2D eigenvalue weighted by Gasteiger charge is 2.13. The van der Waals surface area contributed by atoms with Crippen molar-refractivity contribution in [3.63, 3.8) is 0 Å². The lowest BCUT2D eigenvalue weighted by atomic mass is 10.1. The van der Waals surface area contributed by atoms with E-state index in [2.05, 4.69) is 27.9 Å². The Bertz CT molecular complexity index is 832. The number of aromatic nitrogens is 2. The second kappa shape index (κ2) is 6.42. The molecule has 120 valence electrons. The van der Waals surface area contributed by atoms with Crippen LogP contribution < -0.4 is 14.4 Å². The molecule has 3 aromatic rings. The topological polar surface area (TPSA) is 47.5 Å². The zero-order chi connectivity index (χ0) is 16.4. The summed E-state index contributed by atoms with van der Waals surface area (Å²) in [5.41, 5.74) is 1.08. The highest BCUT2D eigenvalue weighted by Crippen LogP contribution is 2.31. The lowest BCUT2D eigenvalue weighted by Crippen LogP contribution is -2.18. The molecule has 5 nitrogen and oxygen atoms in total. The number of methoxy groups -OCH3 is 2. The van der Waals surface area contributed by atoms with E-state index in [0.29, 0.717) is 6.54 Å². The van der Waals surface area contributed by atoms with Crippen LogP contribution in [0.1, 0.15) is 10.4 Å². The Morgan fingerprint density at radius 1 is 1.13 bits per heavy atom. The molecule has 0 N–H and O–H groups in total. The third-order valence-electron chi connectivity index (χ3n) is 3.69. The van der Waals surface area contributed by atoms with E-state index >= 15 is 0 Å². The lowest BCUT2D eigenvalue weighted by Gasteiger charge is -2.20. The molecule has 0 bridgehead atoms. The third-order valence-corrected chi connectivity index (χ3v) is 4.65. The van der Waals surface area contributed by atoms with Crippen molar-refractivity contribution >= 4 is 27.4 Å². The van der Waals surface area contributed by atoms with E-state index in [1.807, 2.05) is 25.2 Å². The van der Waals surface area contributed by atoms with Gasteiger partial charge >= 0.3 is 0 Å². The highest BCUT2D eigenvalue weighted by molar-refractivity contribution is 7.18. The van der Waals surface area contributed by atoms with Gasteiger partial charge in [0.1, 0.15) is 28.5 Å². The number of hydrogen-bond donors (Lipinski definition) is 0. The lowest BCUT2D eigenvalue weighted by molar-refractivity contribution is 0.391. The number of rotatable bonds is 5. The maximum atomic E-state index is 5.48. The number of nitrogens with zero attached hydrogens (tertiary/aromatic N) is 3. The van der Waals surface area contributed by atoms with Crippen LogP contribution in [-0.4, -0.2) is 31.2 Å². The molecule has 0 unspecified atom stereocenters. The van der Waals surface area contributed by atoms with Crippen molar-refractivity contribution in [1.82, 2.24) is 9.97 Å². The average molecular weight is 329 g/mol. The quantitative estimate of drug-likeness (QED) is 0.715. The standard InChI is InChI=1S/C17H19N3O2S/c1-11-7-14-16(18-10-19-17(14)23-11)20(2)9-12-5-6-13(21-3)8-15(12)22-4/h5-8,10H,9H2,1-4H3. The summed E-state index contributed by atoms with van der Waals surface area (Å²) in [6.07, 6.45) is 1.62. The van der Waals surface area contributed by atoms with E-state index in [1.165, 1.54) is 4.88 Å². The Hall–Kier alpha value is -2.34. The van der Waals surface area contributed by atoms with E-state index in [0.717, 1.165) is 33.1 Å². The van der Waals surface area contributed by atoms with Crippen molar-refractivity contribution in [2.75, 3.05) is 26.2 Å². The zero-order valence-electron chi connectivity index (χ0n) is 13.7. The molecule has 6 heteroatoms. The normalized spacial score (nSPS) is 10.8. The molecule has 0 spiro atoms. The van der Waals surface area contributed by atoms with Gasteiger partial charge in [0.15, 0.2) is 0 Å². The minimum Gasteiger partial charge on any atom is -0.497 e. The van der Waals surface area contributed by atoms with Crippen LogP contribution in [-0.2, 0) is 6.54 Å². The first-order valence-corrected chi connectivity index (χ1v) is 8.07. The fourth-order valence-corrected chi connectivity index (χ4v) is 3.42. The number of thiophene rings is 1. The second-order valence-electron chi connectivity index (χ2n) is 5.31. The van der Waals surface area contributed by atoms with Crippen LogP contribution in [0.25, 0.3) is 10.2 Å². The average Bonchev–Trinajstić information content (AvgIpc) is 2.95. The molecular weight excluding hydrogens is 310 g/mol. The van der Waals surface area contributed by atoms with Gasteiger partial charge in [-0.05, 0) is 25.1 Å². The van der Waals surface area contributed by atoms with E-state index in [9.17, 15) is 0 Å². The number of hydrogen-bond acceptors (Lipinski definition) is 6. The summed E-state index contributed by atoms with van der Waals surface area (Å²) in [5.74, 6) is 2.52. The Morgan fingerprint density at radius 3 is 2.70 bits per heavy atom. The van der Waals surface area contributed by atoms with Crippen LogP contribution >= 0.6 is 11.3 Å². The second-order valence-corrected chi connectivity index (χ2v) is 6.54. The van der Waals surface area contributed by atoms with Gasteiger partial charge in [0, 0.05) is 30.1 Å². The molecule has 23 heavy (non-hydrogen) atoms. The smallest absolute Gasteiger partial charge is 0.140 e. The Balaban J connectivity index is 1.93. The van der Waals surface area contributed by atoms with Gasteiger partial charge in [-0.25, -0.2) is 9.97 Å². The number of benzene rings is 1. The van der Waals surface area contributed by atoms with Crippen molar-refractivity contribution in [2.24, 2.45) is 0 Å². The summed E-state index contributed by atoms with van der Waals surface area (Å²) in [5, 5.41) is 1.09. The Labute approximate surface area is 139 Å². The van der Waals surface area contributed by atoms with Gasteiger partial charge in [0.05, 0.1) is 19.6 Å². The minimum absolute atomic E-state index is 0.689. The summed E-state index contributed by atoms with van der Waals surface area (Å²) in [6.45, 7) is 2.77. The van der Waals surface area contributed by atoms with Crippen molar-refractivity contribution in [1.29, 1.82) is 0 Å². The predicted octanol–water partition coefficient (Wildman–Crippen LogP) is 3.65. The molecule has 0 radical (unpaired) electrons. The highest BCUT2D eigenvalue weighted by atomic mass is 32.1. The fourth-order valence-electron chi connectivity index (χ4n) is 2.58. The summed E-state index contributed by atoms with van der Waals surface area (Å²) in [7, 11) is 5.35. The van der Waals surface area contributed by atoms with Gasteiger partial charge in [-0.3, -0.25) is 0 Å². The van der Waals surface area contributed by atoms with Gasteiger partial charge in [0.25, 0.3) is 0 Å². The van der Waals surface area contributed by atoms with E-state index in [1.54, 1.807) is 31.9 Å². The van der Waals surface area contributed by atoms with Gasteiger partial charge in [-0.2, -0.15) is 0 Å². The van der Waals surface area contributed by atoms with E-state index in [-0.39, 0.29) is 0 Å². The molecule has 0 aliphatic carbocycles. The van der Waals surface area contributed by atoms with Crippen molar-refractivity contribution in [3.8, 4) is 11.5 Å². The molecule has 3 rings (SSSR count). The maximum absolute atomic E-state index is 5.48. The Morgan fingerprint density at radius 2 is 1.96 bits per heavy atom. The molecule has 2 aromatic heterocycles. The van der Waals surface area contributed by atoms with Crippen LogP contribution in [0.2, 0.25) is 0 Å². The van der Waals surface area contributed by atoms with E-state index < -0.39 is 0 Å². The first-order valence-electron chi connectivity index (χ1n) is 7.25.